The third-order valence-electron chi connectivity index (χ3n) is 4.91. The number of pyridine rings is 1. The molecule has 0 aliphatic heterocycles. The molecule has 0 fully saturated rings. The van der Waals surface area contributed by atoms with Crippen molar-refractivity contribution >= 4 is 26.7 Å². The van der Waals surface area contributed by atoms with E-state index in [0.717, 1.165) is 16.5 Å². The van der Waals surface area contributed by atoms with Crippen LogP contribution in [0.2, 0.25) is 0 Å². The molecule has 2 N–H and O–H groups in total. The van der Waals surface area contributed by atoms with Crippen LogP contribution in [0.1, 0.15) is 21.5 Å². The molecule has 0 spiro atoms. The fourth-order valence-corrected chi connectivity index (χ4v) is 4.49. The topological polar surface area (TPSA) is 88.2 Å². The van der Waals surface area contributed by atoms with E-state index in [0.29, 0.717) is 17.5 Å². The van der Waals surface area contributed by atoms with Crippen molar-refractivity contribution in [3.05, 3.63) is 108 Å². The molecular weight excluding hydrogens is 410 g/mol. The van der Waals surface area contributed by atoms with Crippen LogP contribution >= 0.6 is 0 Å². The lowest BCUT2D eigenvalue weighted by Gasteiger charge is -2.10. The lowest BCUT2D eigenvalue weighted by atomic mass is 10.1. The maximum atomic E-state index is 12.8. The van der Waals surface area contributed by atoms with Crippen LogP contribution in [0.4, 0.5) is 0 Å². The number of aromatic nitrogens is 1. The van der Waals surface area contributed by atoms with Crippen molar-refractivity contribution in [3.63, 3.8) is 0 Å². The Morgan fingerprint density at radius 1 is 0.806 bits per heavy atom. The predicted molar refractivity (Wildman–Crippen MR) is 120 cm³/mol. The van der Waals surface area contributed by atoms with Crippen molar-refractivity contribution < 1.29 is 13.2 Å². The minimum atomic E-state index is -3.66. The average Bonchev–Trinajstić information content (AvgIpc) is 2.82. The Kier molecular flexibility index (Phi) is 6.06. The van der Waals surface area contributed by atoms with Gasteiger partial charge in [0.2, 0.25) is 10.0 Å². The van der Waals surface area contributed by atoms with Gasteiger partial charge in [0, 0.05) is 30.9 Å². The van der Waals surface area contributed by atoms with E-state index in [4.69, 9.17) is 0 Å². The van der Waals surface area contributed by atoms with Gasteiger partial charge in [-0.2, -0.15) is 0 Å². The number of hydrogen-bond donors (Lipinski definition) is 2. The van der Waals surface area contributed by atoms with E-state index in [1.165, 1.54) is 6.20 Å². The molecule has 0 saturated heterocycles. The van der Waals surface area contributed by atoms with Crippen LogP contribution in [0.3, 0.4) is 0 Å². The van der Waals surface area contributed by atoms with Crippen LogP contribution < -0.4 is 10.0 Å². The fraction of sp³-hybridized carbons (Fsp3) is 0.0833. The van der Waals surface area contributed by atoms with Gasteiger partial charge >= 0.3 is 0 Å². The molecule has 0 unspecified atom stereocenters. The Labute approximate surface area is 181 Å². The van der Waals surface area contributed by atoms with Crippen LogP contribution in [0.5, 0.6) is 0 Å². The summed E-state index contributed by atoms with van der Waals surface area (Å²) in [6, 6.07) is 23.5. The van der Waals surface area contributed by atoms with Crippen molar-refractivity contribution in [2.45, 2.75) is 18.0 Å². The summed E-state index contributed by atoms with van der Waals surface area (Å²) in [6.45, 7) is 0.545. The lowest BCUT2D eigenvalue weighted by Crippen LogP contribution is -2.24. The molecular formula is C24H21N3O3S. The van der Waals surface area contributed by atoms with Gasteiger partial charge in [0.25, 0.3) is 5.91 Å². The molecule has 6 nitrogen and oxygen atoms in total. The van der Waals surface area contributed by atoms with Crippen LogP contribution in [0.25, 0.3) is 10.8 Å². The van der Waals surface area contributed by atoms with E-state index in [9.17, 15) is 13.2 Å². The van der Waals surface area contributed by atoms with Gasteiger partial charge in [0.1, 0.15) is 0 Å². The van der Waals surface area contributed by atoms with Gasteiger partial charge < -0.3 is 5.32 Å². The summed E-state index contributed by atoms with van der Waals surface area (Å²) in [6.07, 6.45) is 3.13. The molecule has 1 aromatic heterocycles. The molecule has 1 heterocycles. The Balaban J connectivity index is 1.38. The molecule has 0 atom stereocenters. The van der Waals surface area contributed by atoms with Crippen molar-refractivity contribution in [1.29, 1.82) is 0 Å². The molecule has 0 aliphatic carbocycles. The molecule has 7 heteroatoms. The van der Waals surface area contributed by atoms with Crippen molar-refractivity contribution in [2.75, 3.05) is 0 Å². The highest BCUT2D eigenvalue weighted by molar-refractivity contribution is 7.89. The summed E-state index contributed by atoms with van der Waals surface area (Å²) in [5.74, 6) is -0.194. The number of rotatable bonds is 7. The first-order valence-electron chi connectivity index (χ1n) is 9.76. The molecule has 4 rings (SSSR count). The van der Waals surface area contributed by atoms with E-state index in [-0.39, 0.29) is 17.3 Å². The molecule has 0 aliphatic rings. The Morgan fingerprint density at radius 2 is 1.52 bits per heavy atom. The van der Waals surface area contributed by atoms with Gasteiger partial charge in [0.05, 0.1) is 10.5 Å². The predicted octanol–water partition coefficient (Wildman–Crippen LogP) is 3.64. The van der Waals surface area contributed by atoms with Gasteiger partial charge in [-0.05, 0) is 34.7 Å². The highest BCUT2D eigenvalue weighted by Gasteiger charge is 2.16. The van der Waals surface area contributed by atoms with Crippen molar-refractivity contribution in [3.8, 4) is 0 Å². The summed E-state index contributed by atoms with van der Waals surface area (Å²) in [7, 11) is -3.66. The molecule has 0 saturated carbocycles. The van der Waals surface area contributed by atoms with E-state index in [1.807, 2.05) is 48.5 Å². The van der Waals surface area contributed by atoms with E-state index in [2.05, 4.69) is 15.0 Å². The molecule has 4 aromatic rings. The van der Waals surface area contributed by atoms with E-state index in [1.54, 1.807) is 36.5 Å². The SMILES string of the molecule is O=C(NCc1ccc(CNS(=O)(=O)c2cccc3ccccc23)cc1)c1cccnc1. The Hall–Kier alpha value is -3.55. The van der Waals surface area contributed by atoms with Crippen LogP contribution in [-0.2, 0) is 23.1 Å². The van der Waals surface area contributed by atoms with Crippen molar-refractivity contribution in [2.24, 2.45) is 0 Å². The zero-order chi connectivity index (χ0) is 21.7. The average molecular weight is 432 g/mol. The second kappa shape index (κ2) is 9.07. The third-order valence-corrected chi connectivity index (χ3v) is 6.36. The van der Waals surface area contributed by atoms with Gasteiger partial charge in [-0.1, -0.05) is 60.7 Å². The summed E-state index contributed by atoms with van der Waals surface area (Å²) >= 11 is 0. The molecule has 156 valence electrons. The van der Waals surface area contributed by atoms with Gasteiger partial charge in [-0.25, -0.2) is 13.1 Å². The number of hydrogen-bond acceptors (Lipinski definition) is 4. The Bertz CT molecular complexity index is 1300. The van der Waals surface area contributed by atoms with E-state index >= 15 is 0 Å². The quantitative estimate of drug-likeness (QED) is 0.468. The molecule has 0 radical (unpaired) electrons. The normalized spacial score (nSPS) is 11.4. The zero-order valence-electron chi connectivity index (χ0n) is 16.7. The smallest absolute Gasteiger partial charge is 0.253 e. The Morgan fingerprint density at radius 3 is 2.26 bits per heavy atom. The summed E-state index contributed by atoms with van der Waals surface area (Å²) in [5.41, 5.74) is 2.24. The number of benzene rings is 3. The number of carbonyl (C=O) groups excluding carboxylic acids is 1. The summed E-state index contributed by atoms with van der Waals surface area (Å²) in [5, 5.41) is 4.41. The second-order valence-electron chi connectivity index (χ2n) is 7.04. The fourth-order valence-electron chi connectivity index (χ4n) is 3.24. The van der Waals surface area contributed by atoms with Gasteiger partial charge in [-0.15, -0.1) is 0 Å². The molecule has 3 aromatic carbocycles. The molecule has 1 amide bonds. The highest BCUT2D eigenvalue weighted by atomic mass is 32.2. The van der Waals surface area contributed by atoms with E-state index < -0.39 is 10.0 Å². The summed E-state index contributed by atoms with van der Waals surface area (Å²) in [4.78, 5) is 16.3. The first kappa shape index (κ1) is 20.7. The molecule has 31 heavy (non-hydrogen) atoms. The zero-order valence-corrected chi connectivity index (χ0v) is 17.5. The third kappa shape index (κ3) is 4.96. The standard InChI is InChI=1S/C24H21N3O3S/c28-24(21-7-4-14-25-17-21)26-15-18-10-12-19(13-11-18)16-27-31(29,30)23-9-3-6-20-5-1-2-8-22(20)23/h1-14,17,27H,15-16H2,(H,26,28). The largest absolute Gasteiger partial charge is 0.348 e. The maximum Gasteiger partial charge on any atom is 0.253 e. The highest BCUT2D eigenvalue weighted by Crippen LogP contribution is 2.22. The van der Waals surface area contributed by atoms with Gasteiger partial charge in [0.15, 0.2) is 0 Å². The van der Waals surface area contributed by atoms with Crippen LogP contribution in [-0.4, -0.2) is 19.3 Å². The van der Waals surface area contributed by atoms with Crippen LogP contribution in [0, 0.1) is 0 Å². The lowest BCUT2D eigenvalue weighted by molar-refractivity contribution is 0.0950. The minimum Gasteiger partial charge on any atom is -0.348 e. The number of carbonyl (C=O) groups is 1. The van der Waals surface area contributed by atoms with Crippen molar-refractivity contribution in [1.82, 2.24) is 15.0 Å². The maximum absolute atomic E-state index is 12.8. The van der Waals surface area contributed by atoms with Gasteiger partial charge in [-0.3, -0.25) is 9.78 Å². The minimum absolute atomic E-state index is 0.174. The first-order valence-corrected chi connectivity index (χ1v) is 11.2. The van der Waals surface area contributed by atoms with Crippen LogP contribution in [0.15, 0.2) is 96.2 Å². The number of sulfonamides is 1. The number of fused-ring (bicyclic) bond motifs is 1. The second-order valence-corrected chi connectivity index (χ2v) is 8.78. The molecule has 0 bridgehead atoms. The monoisotopic (exact) mass is 431 g/mol. The number of nitrogens with zero attached hydrogens (tertiary/aromatic N) is 1. The number of nitrogens with one attached hydrogen (secondary N) is 2. The summed E-state index contributed by atoms with van der Waals surface area (Å²) < 4.78 is 28.3. The number of amides is 1. The first-order chi connectivity index (χ1) is 15.0.